The number of rotatable bonds is 1. The molecule has 70 valence electrons. The predicted octanol–water partition coefficient (Wildman–Crippen LogP) is 0.0768. The molecule has 0 amide bonds. The van der Waals surface area contributed by atoms with Gasteiger partial charge in [0, 0.05) is 11.6 Å². The molecule has 0 atom stereocenters. The lowest BCUT2D eigenvalue weighted by molar-refractivity contribution is 0.133. The van der Waals surface area contributed by atoms with Gasteiger partial charge in [0.05, 0.1) is 7.11 Å². The minimum absolute atomic E-state index is 0. The Hall–Kier alpha value is -1.42. The van der Waals surface area contributed by atoms with Crippen LogP contribution in [-0.2, 0) is 4.74 Å². The van der Waals surface area contributed by atoms with Crippen molar-refractivity contribution >= 4 is 17.0 Å². The summed E-state index contributed by atoms with van der Waals surface area (Å²) in [5.74, 6) is 1.44. The van der Waals surface area contributed by atoms with Crippen molar-refractivity contribution in [2.24, 2.45) is 0 Å². The molecule has 1 N–H and O–H groups in total. The number of nitrogens with one attached hydrogen (secondary N) is 1. The van der Waals surface area contributed by atoms with Crippen molar-refractivity contribution in [2.75, 3.05) is 7.11 Å². The largest absolute Gasteiger partial charge is 0.481 e. The van der Waals surface area contributed by atoms with Gasteiger partial charge >= 0.3 is 0 Å². The molecule has 0 spiro atoms. The van der Waals surface area contributed by atoms with E-state index in [1.54, 1.807) is 7.11 Å². The van der Waals surface area contributed by atoms with Crippen LogP contribution in [0.5, 0.6) is 5.75 Å². The maximum absolute atomic E-state index is 5.18. The second-order valence-corrected chi connectivity index (χ2v) is 2.45. The Morgan fingerprint density at radius 1 is 1.31 bits per heavy atom. The van der Waals surface area contributed by atoms with E-state index in [1.165, 1.54) is 0 Å². The van der Waals surface area contributed by atoms with E-state index in [0.717, 1.165) is 11.3 Å². The van der Waals surface area contributed by atoms with Crippen LogP contribution in [0.1, 0.15) is 5.56 Å². The number of methoxy groups -OCH3 is 1. The average molecular weight is 195 g/mol. The summed E-state index contributed by atoms with van der Waals surface area (Å²) < 4.78 is 4.97. The van der Waals surface area contributed by atoms with E-state index in [1.807, 2.05) is 30.3 Å². The first-order chi connectivity index (χ1) is 5.90. The smallest absolute Gasteiger partial charge is 0.220 e. The van der Waals surface area contributed by atoms with Crippen molar-refractivity contribution in [1.29, 1.82) is 0 Å². The minimum Gasteiger partial charge on any atom is -0.481 e. The van der Waals surface area contributed by atoms with Gasteiger partial charge in [0.25, 0.3) is 0 Å². The van der Waals surface area contributed by atoms with Crippen LogP contribution >= 0.6 is 0 Å². The SMILES string of the molecule is COC1=Cc2ccccc2ON1.[SiH4]. The molecule has 0 bridgehead atoms. The molecule has 0 radical (unpaired) electrons. The van der Waals surface area contributed by atoms with Crippen molar-refractivity contribution < 1.29 is 9.57 Å². The van der Waals surface area contributed by atoms with E-state index < -0.39 is 0 Å². The topological polar surface area (TPSA) is 30.5 Å². The fourth-order valence-corrected chi connectivity index (χ4v) is 1.07. The Morgan fingerprint density at radius 3 is 2.85 bits per heavy atom. The fourth-order valence-electron chi connectivity index (χ4n) is 1.07. The summed E-state index contributed by atoms with van der Waals surface area (Å²) in [6.07, 6.45) is 1.89. The lowest BCUT2D eigenvalue weighted by Crippen LogP contribution is -2.22. The Kier molecular flexibility index (Phi) is 2.97. The van der Waals surface area contributed by atoms with Gasteiger partial charge in [-0.05, 0) is 17.0 Å². The van der Waals surface area contributed by atoms with Gasteiger partial charge in [-0.25, -0.2) is 0 Å². The van der Waals surface area contributed by atoms with Crippen LogP contribution in [0.4, 0.5) is 0 Å². The molecule has 0 aromatic heterocycles. The number of hydrogen-bond donors (Lipinski definition) is 1. The lowest BCUT2D eigenvalue weighted by Gasteiger charge is -2.16. The Labute approximate surface area is 81.3 Å². The summed E-state index contributed by atoms with van der Waals surface area (Å²) in [4.78, 5) is 5.18. The number of hydroxylamine groups is 1. The Morgan fingerprint density at radius 2 is 2.08 bits per heavy atom. The van der Waals surface area contributed by atoms with Crippen molar-refractivity contribution in [3.63, 3.8) is 0 Å². The second kappa shape index (κ2) is 4.00. The molecular formula is C9H13NO2Si. The summed E-state index contributed by atoms with van der Waals surface area (Å²) in [6.45, 7) is 0. The van der Waals surface area contributed by atoms with E-state index in [9.17, 15) is 0 Å². The highest BCUT2D eigenvalue weighted by Crippen LogP contribution is 2.23. The summed E-state index contributed by atoms with van der Waals surface area (Å²) >= 11 is 0. The molecule has 2 rings (SSSR count). The third kappa shape index (κ3) is 1.84. The average Bonchev–Trinajstić information content (AvgIpc) is 2.17. The van der Waals surface area contributed by atoms with Crippen LogP contribution in [0.3, 0.4) is 0 Å². The zero-order chi connectivity index (χ0) is 8.39. The van der Waals surface area contributed by atoms with Crippen LogP contribution in [0.2, 0.25) is 0 Å². The molecular weight excluding hydrogens is 182 g/mol. The summed E-state index contributed by atoms with van der Waals surface area (Å²) in [7, 11) is 1.59. The van der Waals surface area contributed by atoms with Gasteiger partial charge < -0.3 is 9.57 Å². The van der Waals surface area contributed by atoms with Crippen LogP contribution in [-0.4, -0.2) is 18.1 Å². The Balaban J connectivity index is 0.000000845. The molecule has 0 unspecified atom stereocenters. The van der Waals surface area contributed by atoms with Gasteiger partial charge in [-0.15, -0.1) is 0 Å². The molecule has 1 aromatic rings. The van der Waals surface area contributed by atoms with Crippen molar-refractivity contribution in [1.82, 2.24) is 5.48 Å². The van der Waals surface area contributed by atoms with Crippen LogP contribution in [0.25, 0.3) is 6.08 Å². The molecule has 4 heteroatoms. The summed E-state index contributed by atoms with van der Waals surface area (Å²) in [5.41, 5.74) is 3.69. The van der Waals surface area contributed by atoms with E-state index in [-0.39, 0.29) is 11.0 Å². The number of ether oxygens (including phenoxy) is 1. The zero-order valence-corrected chi connectivity index (χ0v) is 6.70. The van der Waals surface area contributed by atoms with E-state index in [0.29, 0.717) is 5.88 Å². The lowest BCUT2D eigenvalue weighted by atomic mass is 10.2. The quantitative estimate of drug-likeness (QED) is 0.644. The molecule has 0 aliphatic carbocycles. The van der Waals surface area contributed by atoms with Crippen molar-refractivity contribution in [2.45, 2.75) is 0 Å². The van der Waals surface area contributed by atoms with Gasteiger partial charge in [0.1, 0.15) is 0 Å². The standard InChI is InChI=1S/C9H9NO2.H4Si/c1-11-9-6-7-4-2-3-5-8(7)12-10-9;/h2-6,10H,1H3;1H4. The molecule has 1 heterocycles. The maximum atomic E-state index is 5.18. The van der Waals surface area contributed by atoms with E-state index in [4.69, 9.17) is 9.57 Å². The zero-order valence-electron chi connectivity index (χ0n) is 6.70. The molecule has 0 saturated heterocycles. The molecule has 0 saturated carbocycles. The highest BCUT2D eigenvalue weighted by molar-refractivity contribution is 5.75. The second-order valence-electron chi connectivity index (χ2n) is 2.45. The molecule has 1 aromatic carbocycles. The van der Waals surface area contributed by atoms with Gasteiger partial charge in [-0.3, -0.25) is 0 Å². The Bertz CT molecular complexity index is 325. The molecule has 13 heavy (non-hydrogen) atoms. The molecule has 1 aliphatic rings. The number of fused-ring (bicyclic) bond motifs is 1. The van der Waals surface area contributed by atoms with Crippen LogP contribution in [0, 0.1) is 0 Å². The fraction of sp³-hybridized carbons (Fsp3) is 0.111. The van der Waals surface area contributed by atoms with Crippen LogP contribution in [0.15, 0.2) is 30.1 Å². The normalized spacial score (nSPS) is 12.5. The van der Waals surface area contributed by atoms with Gasteiger partial charge in [0.2, 0.25) is 5.88 Å². The number of benzene rings is 1. The number of hydrogen-bond acceptors (Lipinski definition) is 3. The predicted molar refractivity (Wildman–Crippen MR) is 56.5 cm³/mol. The van der Waals surface area contributed by atoms with Gasteiger partial charge in [-0.1, -0.05) is 18.2 Å². The minimum atomic E-state index is 0. The third-order valence-electron chi connectivity index (χ3n) is 1.69. The molecule has 3 nitrogen and oxygen atoms in total. The third-order valence-corrected chi connectivity index (χ3v) is 1.69. The first kappa shape index (κ1) is 9.66. The molecule has 0 fully saturated rings. The van der Waals surface area contributed by atoms with Crippen molar-refractivity contribution in [3.8, 4) is 5.75 Å². The first-order valence-electron chi connectivity index (χ1n) is 3.68. The maximum Gasteiger partial charge on any atom is 0.220 e. The van der Waals surface area contributed by atoms with Gasteiger partial charge in [0.15, 0.2) is 5.75 Å². The molecule has 1 aliphatic heterocycles. The summed E-state index contributed by atoms with van der Waals surface area (Å²) in [6, 6.07) is 7.74. The monoisotopic (exact) mass is 195 g/mol. The first-order valence-corrected chi connectivity index (χ1v) is 3.68. The van der Waals surface area contributed by atoms with E-state index in [2.05, 4.69) is 5.48 Å². The van der Waals surface area contributed by atoms with Gasteiger partial charge in [-0.2, -0.15) is 5.48 Å². The number of para-hydroxylation sites is 1. The van der Waals surface area contributed by atoms with Crippen LogP contribution < -0.4 is 10.3 Å². The highest BCUT2D eigenvalue weighted by atomic mass is 28.1. The highest BCUT2D eigenvalue weighted by Gasteiger charge is 2.09. The van der Waals surface area contributed by atoms with E-state index >= 15 is 0 Å². The summed E-state index contributed by atoms with van der Waals surface area (Å²) in [5, 5.41) is 0. The van der Waals surface area contributed by atoms with Crippen molar-refractivity contribution in [3.05, 3.63) is 35.7 Å².